The van der Waals surface area contributed by atoms with Crippen molar-refractivity contribution in [3.8, 4) is 0 Å². The lowest BCUT2D eigenvalue weighted by Gasteiger charge is -2.28. The summed E-state index contributed by atoms with van der Waals surface area (Å²) < 4.78 is 7.44. The summed E-state index contributed by atoms with van der Waals surface area (Å²) in [7, 11) is 1.70. The van der Waals surface area contributed by atoms with Gasteiger partial charge in [-0.05, 0) is 26.0 Å². The maximum atomic E-state index is 5.86. The van der Waals surface area contributed by atoms with Gasteiger partial charge in [0.15, 0.2) is 5.65 Å². The Morgan fingerprint density at radius 3 is 2.89 bits per heavy atom. The average Bonchev–Trinajstić information content (AvgIpc) is 2.67. The van der Waals surface area contributed by atoms with Crippen molar-refractivity contribution in [1.82, 2.24) is 14.5 Å². The van der Waals surface area contributed by atoms with Crippen molar-refractivity contribution in [2.75, 3.05) is 19.6 Å². The number of rotatable bonds is 5. The molecule has 2 heterocycles. The number of fused-ring (bicyclic) bond motifs is 1. The number of aryl methyl sites for hydroxylation is 1. The predicted molar refractivity (Wildman–Crippen MR) is 73.2 cm³/mol. The van der Waals surface area contributed by atoms with Crippen LogP contribution >= 0.6 is 11.6 Å². The number of ether oxygens (including phenoxy) is 1. The molecule has 0 atom stereocenters. The molecule has 0 aliphatic carbocycles. The maximum Gasteiger partial charge on any atom is 0.160 e. The van der Waals surface area contributed by atoms with Crippen LogP contribution in [-0.4, -0.2) is 34.1 Å². The van der Waals surface area contributed by atoms with Gasteiger partial charge in [-0.2, -0.15) is 0 Å². The van der Waals surface area contributed by atoms with E-state index in [1.807, 2.05) is 12.1 Å². The standard InChI is InChI=1S/C13H18ClN3O/c1-13(2,9-18-3)17-11(6-7-14)16-10-5-4-8-15-12(10)17/h4-5,8H,6-7,9H2,1-3H3. The van der Waals surface area contributed by atoms with Crippen molar-refractivity contribution in [3.63, 3.8) is 0 Å². The lowest BCUT2D eigenvalue weighted by Crippen LogP contribution is -2.33. The van der Waals surface area contributed by atoms with Crippen LogP contribution in [0.1, 0.15) is 19.7 Å². The van der Waals surface area contributed by atoms with Crippen molar-refractivity contribution in [3.05, 3.63) is 24.2 Å². The van der Waals surface area contributed by atoms with Gasteiger partial charge in [0, 0.05) is 25.6 Å². The summed E-state index contributed by atoms with van der Waals surface area (Å²) in [6, 6.07) is 3.87. The monoisotopic (exact) mass is 267 g/mol. The SMILES string of the molecule is COCC(C)(C)n1c(CCCl)nc2cccnc21. The van der Waals surface area contributed by atoms with Crippen molar-refractivity contribution < 1.29 is 4.74 Å². The Morgan fingerprint density at radius 2 is 2.22 bits per heavy atom. The molecule has 0 spiro atoms. The third-order valence-electron chi connectivity index (χ3n) is 2.91. The number of imidazole rings is 1. The van der Waals surface area contributed by atoms with E-state index >= 15 is 0 Å². The van der Waals surface area contributed by atoms with E-state index in [1.165, 1.54) is 0 Å². The second-order valence-electron chi connectivity index (χ2n) is 4.89. The number of methoxy groups -OCH3 is 1. The van der Waals surface area contributed by atoms with E-state index in [9.17, 15) is 0 Å². The van der Waals surface area contributed by atoms with Crippen LogP contribution in [0.2, 0.25) is 0 Å². The number of halogens is 1. The summed E-state index contributed by atoms with van der Waals surface area (Å²) in [5.41, 5.74) is 1.60. The predicted octanol–water partition coefficient (Wildman–Crippen LogP) is 2.59. The van der Waals surface area contributed by atoms with Gasteiger partial charge in [-0.15, -0.1) is 11.6 Å². The normalized spacial score (nSPS) is 12.2. The van der Waals surface area contributed by atoms with E-state index in [0.29, 0.717) is 12.5 Å². The molecule has 98 valence electrons. The van der Waals surface area contributed by atoms with Crippen LogP contribution in [0.25, 0.3) is 11.2 Å². The van der Waals surface area contributed by atoms with E-state index in [-0.39, 0.29) is 5.54 Å². The number of hydrogen-bond donors (Lipinski definition) is 0. The molecule has 18 heavy (non-hydrogen) atoms. The van der Waals surface area contributed by atoms with Gasteiger partial charge in [0.05, 0.1) is 12.1 Å². The first-order chi connectivity index (χ1) is 8.60. The van der Waals surface area contributed by atoms with Crippen molar-refractivity contribution in [2.45, 2.75) is 25.8 Å². The van der Waals surface area contributed by atoms with Crippen LogP contribution in [0.15, 0.2) is 18.3 Å². The molecule has 2 aromatic rings. The molecule has 0 unspecified atom stereocenters. The molecule has 5 heteroatoms. The van der Waals surface area contributed by atoms with Crippen molar-refractivity contribution >= 4 is 22.8 Å². The summed E-state index contributed by atoms with van der Waals surface area (Å²) in [5, 5.41) is 0. The molecular formula is C13H18ClN3O. The minimum absolute atomic E-state index is 0.195. The van der Waals surface area contributed by atoms with Gasteiger partial charge in [0.1, 0.15) is 11.3 Å². The first-order valence-corrected chi connectivity index (χ1v) is 6.51. The molecule has 0 aliphatic rings. The van der Waals surface area contributed by atoms with Crippen molar-refractivity contribution in [1.29, 1.82) is 0 Å². The highest BCUT2D eigenvalue weighted by Gasteiger charge is 2.26. The van der Waals surface area contributed by atoms with Gasteiger partial charge in [-0.25, -0.2) is 9.97 Å². The van der Waals surface area contributed by atoms with E-state index < -0.39 is 0 Å². The maximum absolute atomic E-state index is 5.86. The largest absolute Gasteiger partial charge is 0.382 e. The smallest absolute Gasteiger partial charge is 0.160 e. The molecule has 0 aliphatic heterocycles. The zero-order chi connectivity index (χ0) is 13.2. The summed E-state index contributed by atoms with van der Waals surface area (Å²) in [5.74, 6) is 1.51. The molecule has 0 saturated carbocycles. The Hall–Kier alpha value is -1.13. The highest BCUT2D eigenvalue weighted by molar-refractivity contribution is 6.17. The number of alkyl halides is 1. The minimum atomic E-state index is -0.195. The third kappa shape index (κ3) is 2.35. The molecule has 2 rings (SSSR count). The fraction of sp³-hybridized carbons (Fsp3) is 0.538. The molecule has 2 aromatic heterocycles. The van der Waals surface area contributed by atoms with Gasteiger partial charge in [-0.1, -0.05) is 0 Å². The first kappa shape index (κ1) is 13.3. The minimum Gasteiger partial charge on any atom is -0.382 e. The number of pyridine rings is 1. The number of hydrogen-bond acceptors (Lipinski definition) is 3. The summed E-state index contributed by atoms with van der Waals surface area (Å²) in [6.45, 7) is 4.83. The summed E-state index contributed by atoms with van der Waals surface area (Å²) in [6.07, 6.45) is 2.51. The van der Waals surface area contributed by atoms with Crippen LogP contribution in [0.4, 0.5) is 0 Å². The Bertz CT molecular complexity index is 536. The molecule has 0 saturated heterocycles. The first-order valence-electron chi connectivity index (χ1n) is 5.98. The molecular weight excluding hydrogens is 250 g/mol. The summed E-state index contributed by atoms with van der Waals surface area (Å²) >= 11 is 5.86. The quantitative estimate of drug-likeness (QED) is 0.782. The average molecular weight is 268 g/mol. The fourth-order valence-electron chi connectivity index (χ4n) is 2.27. The lowest BCUT2D eigenvalue weighted by molar-refractivity contribution is 0.110. The van der Waals surface area contributed by atoms with Gasteiger partial charge < -0.3 is 9.30 Å². The highest BCUT2D eigenvalue weighted by atomic mass is 35.5. The Balaban J connectivity index is 2.61. The number of aromatic nitrogens is 3. The van der Waals surface area contributed by atoms with Crippen LogP contribution in [0, 0.1) is 0 Å². The molecule has 0 bridgehead atoms. The highest BCUT2D eigenvalue weighted by Crippen LogP contribution is 2.24. The molecule has 0 amide bonds. The molecule has 0 N–H and O–H groups in total. The van der Waals surface area contributed by atoms with Gasteiger partial charge in [-0.3, -0.25) is 0 Å². The fourth-order valence-corrected chi connectivity index (χ4v) is 2.43. The second-order valence-corrected chi connectivity index (χ2v) is 5.27. The van der Waals surface area contributed by atoms with Crippen LogP contribution in [0.3, 0.4) is 0 Å². The molecule has 0 radical (unpaired) electrons. The van der Waals surface area contributed by atoms with Gasteiger partial charge >= 0.3 is 0 Å². The van der Waals surface area contributed by atoms with E-state index in [2.05, 4.69) is 28.4 Å². The number of nitrogens with zero attached hydrogens (tertiary/aromatic N) is 3. The third-order valence-corrected chi connectivity index (χ3v) is 3.10. The van der Waals surface area contributed by atoms with Gasteiger partial charge in [0.2, 0.25) is 0 Å². The molecule has 4 nitrogen and oxygen atoms in total. The van der Waals surface area contributed by atoms with Crippen molar-refractivity contribution in [2.24, 2.45) is 0 Å². The lowest BCUT2D eigenvalue weighted by atomic mass is 10.1. The Labute approximate surface area is 112 Å². The Kier molecular flexibility index (Phi) is 3.88. The van der Waals surface area contributed by atoms with Crippen LogP contribution in [0.5, 0.6) is 0 Å². The van der Waals surface area contributed by atoms with Gasteiger partial charge in [0.25, 0.3) is 0 Å². The zero-order valence-electron chi connectivity index (χ0n) is 11.0. The second kappa shape index (κ2) is 5.24. The topological polar surface area (TPSA) is 39.9 Å². The van der Waals surface area contributed by atoms with E-state index in [0.717, 1.165) is 23.4 Å². The van der Waals surface area contributed by atoms with Crippen LogP contribution in [-0.2, 0) is 16.7 Å². The zero-order valence-corrected chi connectivity index (χ0v) is 11.7. The summed E-state index contributed by atoms with van der Waals surface area (Å²) in [4.78, 5) is 9.05. The molecule has 0 fully saturated rings. The Morgan fingerprint density at radius 1 is 1.44 bits per heavy atom. The molecule has 0 aromatic carbocycles. The van der Waals surface area contributed by atoms with E-state index in [4.69, 9.17) is 16.3 Å². The van der Waals surface area contributed by atoms with Crippen LogP contribution < -0.4 is 0 Å². The van der Waals surface area contributed by atoms with E-state index in [1.54, 1.807) is 13.3 Å².